The summed E-state index contributed by atoms with van der Waals surface area (Å²) < 4.78 is 36.6. The molecule has 0 spiro atoms. The highest BCUT2D eigenvalue weighted by Crippen LogP contribution is 2.29. The van der Waals surface area contributed by atoms with Crippen LogP contribution in [-0.4, -0.2) is 46.6 Å². The summed E-state index contributed by atoms with van der Waals surface area (Å²) in [6, 6.07) is 13.5. The SMILES string of the molecule is O=C(NC[C@H]1CCCCN1S(=O)(=O)c1cccc2nsnc12)Nc1ccccc1. The summed E-state index contributed by atoms with van der Waals surface area (Å²) in [5.41, 5.74) is 1.66. The van der Waals surface area contributed by atoms with Crippen molar-refractivity contribution in [1.82, 2.24) is 18.4 Å². The first-order valence-corrected chi connectivity index (χ1v) is 11.6. The van der Waals surface area contributed by atoms with Gasteiger partial charge < -0.3 is 10.6 Å². The first kappa shape index (κ1) is 19.7. The lowest BCUT2D eigenvalue weighted by Gasteiger charge is -2.34. The number of carbonyl (C=O) groups is 1. The number of piperidine rings is 1. The molecular weight excluding hydrogens is 410 g/mol. The third-order valence-electron chi connectivity index (χ3n) is 4.94. The standard InChI is InChI=1S/C19H21N5O3S2/c25-19(21-14-7-2-1-3-8-14)20-13-15-9-4-5-12-24(15)29(26,27)17-11-6-10-16-18(17)23-28-22-16/h1-3,6-8,10-11,15H,4-5,9,12-13H2,(H2,20,21,25)/t15-/m1/s1. The lowest BCUT2D eigenvalue weighted by molar-refractivity contribution is 0.231. The number of amides is 2. The number of aromatic nitrogens is 2. The van der Waals surface area contributed by atoms with Crippen molar-refractivity contribution in [2.75, 3.05) is 18.4 Å². The van der Waals surface area contributed by atoms with Gasteiger partial charge in [0.05, 0.1) is 11.7 Å². The minimum Gasteiger partial charge on any atom is -0.336 e. The van der Waals surface area contributed by atoms with Crippen LogP contribution in [0, 0.1) is 0 Å². The van der Waals surface area contributed by atoms with Crippen molar-refractivity contribution in [2.24, 2.45) is 0 Å². The van der Waals surface area contributed by atoms with Crippen LogP contribution in [0.5, 0.6) is 0 Å². The first-order chi connectivity index (χ1) is 14.1. The van der Waals surface area contributed by atoms with E-state index in [1.165, 1.54) is 4.31 Å². The summed E-state index contributed by atoms with van der Waals surface area (Å²) in [5, 5.41) is 5.56. The third kappa shape index (κ3) is 4.24. The number of anilines is 1. The van der Waals surface area contributed by atoms with Crippen LogP contribution < -0.4 is 10.6 Å². The van der Waals surface area contributed by atoms with Gasteiger partial charge in [0, 0.05) is 24.8 Å². The van der Waals surface area contributed by atoms with E-state index in [2.05, 4.69) is 19.4 Å². The van der Waals surface area contributed by atoms with E-state index in [-0.39, 0.29) is 23.5 Å². The maximum atomic E-state index is 13.4. The van der Waals surface area contributed by atoms with Crippen LogP contribution in [0.1, 0.15) is 19.3 Å². The van der Waals surface area contributed by atoms with E-state index in [9.17, 15) is 13.2 Å². The number of benzene rings is 2. The van der Waals surface area contributed by atoms with Crippen molar-refractivity contribution >= 4 is 44.5 Å². The molecule has 0 bridgehead atoms. The van der Waals surface area contributed by atoms with Gasteiger partial charge in [0.1, 0.15) is 15.9 Å². The maximum Gasteiger partial charge on any atom is 0.319 e. The van der Waals surface area contributed by atoms with Crippen LogP contribution in [0.2, 0.25) is 0 Å². The number of hydrogen-bond acceptors (Lipinski definition) is 6. The molecule has 0 saturated carbocycles. The van der Waals surface area contributed by atoms with Crippen molar-refractivity contribution in [3.63, 3.8) is 0 Å². The molecule has 1 fully saturated rings. The highest BCUT2D eigenvalue weighted by Gasteiger charge is 2.35. The summed E-state index contributed by atoms with van der Waals surface area (Å²) in [6.45, 7) is 0.659. The highest BCUT2D eigenvalue weighted by atomic mass is 32.2. The molecule has 2 amide bonds. The Kier molecular flexibility index (Phi) is 5.74. The van der Waals surface area contributed by atoms with Crippen molar-refractivity contribution in [1.29, 1.82) is 0 Å². The van der Waals surface area contributed by atoms with Crippen LogP contribution >= 0.6 is 11.7 Å². The molecule has 1 aromatic heterocycles. The number of fused-ring (bicyclic) bond motifs is 1. The number of urea groups is 1. The molecule has 1 atom stereocenters. The Morgan fingerprint density at radius 2 is 1.93 bits per heavy atom. The Balaban J connectivity index is 1.50. The quantitative estimate of drug-likeness (QED) is 0.646. The van der Waals surface area contributed by atoms with E-state index in [0.717, 1.165) is 24.6 Å². The number of carbonyl (C=O) groups excluding carboxylic acids is 1. The molecule has 0 unspecified atom stereocenters. The van der Waals surface area contributed by atoms with Gasteiger partial charge in [0.2, 0.25) is 10.0 Å². The largest absolute Gasteiger partial charge is 0.336 e. The number of nitrogens with zero attached hydrogens (tertiary/aromatic N) is 3. The van der Waals surface area contributed by atoms with Crippen molar-refractivity contribution < 1.29 is 13.2 Å². The van der Waals surface area contributed by atoms with Crippen molar-refractivity contribution in [2.45, 2.75) is 30.2 Å². The smallest absolute Gasteiger partial charge is 0.319 e. The van der Waals surface area contributed by atoms with Gasteiger partial charge in [-0.3, -0.25) is 0 Å². The van der Waals surface area contributed by atoms with Crippen LogP contribution in [-0.2, 0) is 10.0 Å². The maximum absolute atomic E-state index is 13.4. The minimum atomic E-state index is -3.75. The second kappa shape index (κ2) is 8.44. The Labute approximate surface area is 173 Å². The fourth-order valence-electron chi connectivity index (χ4n) is 3.52. The zero-order valence-corrected chi connectivity index (χ0v) is 17.2. The zero-order chi connectivity index (χ0) is 20.3. The summed E-state index contributed by atoms with van der Waals surface area (Å²) >= 11 is 0.997. The summed E-state index contributed by atoms with van der Waals surface area (Å²) in [4.78, 5) is 12.4. The van der Waals surface area contributed by atoms with E-state index in [1.807, 2.05) is 18.2 Å². The fraction of sp³-hybridized carbons (Fsp3) is 0.316. The Morgan fingerprint density at radius 1 is 1.10 bits per heavy atom. The highest BCUT2D eigenvalue weighted by molar-refractivity contribution is 7.89. The topological polar surface area (TPSA) is 104 Å². The monoisotopic (exact) mass is 431 g/mol. The van der Waals surface area contributed by atoms with E-state index in [0.29, 0.717) is 29.7 Å². The van der Waals surface area contributed by atoms with Crippen molar-refractivity contribution in [3.05, 3.63) is 48.5 Å². The molecule has 0 radical (unpaired) electrons. The minimum absolute atomic E-state index is 0.171. The van der Waals surface area contributed by atoms with Gasteiger partial charge >= 0.3 is 6.03 Å². The average molecular weight is 432 g/mol. The van der Waals surface area contributed by atoms with Crippen molar-refractivity contribution in [3.8, 4) is 0 Å². The summed E-state index contributed by atoms with van der Waals surface area (Å²) in [5.74, 6) is 0. The van der Waals surface area contributed by atoms with Crippen LogP contribution in [0.15, 0.2) is 53.4 Å². The third-order valence-corrected chi connectivity index (χ3v) is 7.46. The van der Waals surface area contributed by atoms with Gasteiger partial charge in [-0.05, 0) is 37.1 Å². The molecule has 29 heavy (non-hydrogen) atoms. The van der Waals surface area contributed by atoms with Gasteiger partial charge in [-0.2, -0.15) is 13.1 Å². The van der Waals surface area contributed by atoms with Gasteiger partial charge in [0.25, 0.3) is 0 Å². The molecule has 2 heterocycles. The average Bonchev–Trinajstić information content (AvgIpc) is 3.22. The van der Waals surface area contributed by atoms with Gasteiger partial charge in [-0.15, -0.1) is 0 Å². The molecule has 8 nitrogen and oxygen atoms in total. The van der Waals surface area contributed by atoms with Gasteiger partial charge in [0.15, 0.2) is 0 Å². The lowest BCUT2D eigenvalue weighted by atomic mass is 10.1. The Bertz CT molecular complexity index is 1100. The second-order valence-corrected chi connectivity index (χ2v) is 9.24. The number of sulfonamides is 1. The van der Waals surface area contributed by atoms with E-state index < -0.39 is 10.0 Å². The Hall–Kier alpha value is -2.56. The predicted octanol–water partition coefficient (Wildman–Crippen LogP) is 3.06. The van der Waals surface area contributed by atoms with E-state index in [1.54, 1.807) is 30.3 Å². The fourth-order valence-corrected chi connectivity index (χ4v) is 5.96. The van der Waals surface area contributed by atoms with Gasteiger partial charge in [-0.25, -0.2) is 13.2 Å². The molecule has 2 N–H and O–H groups in total. The van der Waals surface area contributed by atoms with Crippen LogP contribution in [0.3, 0.4) is 0 Å². The number of para-hydroxylation sites is 1. The molecule has 4 rings (SSSR count). The zero-order valence-electron chi connectivity index (χ0n) is 15.6. The molecule has 3 aromatic rings. The molecule has 2 aromatic carbocycles. The number of rotatable bonds is 5. The number of hydrogen-bond donors (Lipinski definition) is 2. The molecule has 0 aliphatic carbocycles. The molecule has 1 aliphatic heterocycles. The summed E-state index contributed by atoms with van der Waals surface area (Å²) in [7, 11) is -3.75. The number of nitrogens with one attached hydrogen (secondary N) is 2. The van der Waals surface area contributed by atoms with Crippen LogP contribution in [0.4, 0.5) is 10.5 Å². The van der Waals surface area contributed by atoms with Gasteiger partial charge in [-0.1, -0.05) is 30.7 Å². The lowest BCUT2D eigenvalue weighted by Crippen LogP contribution is -2.49. The second-order valence-electron chi connectivity index (χ2n) is 6.85. The molecule has 1 saturated heterocycles. The normalized spacial score (nSPS) is 17.9. The van der Waals surface area contributed by atoms with E-state index >= 15 is 0 Å². The van der Waals surface area contributed by atoms with Crippen LogP contribution in [0.25, 0.3) is 11.0 Å². The molecule has 10 heteroatoms. The predicted molar refractivity (Wildman–Crippen MR) is 112 cm³/mol. The first-order valence-electron chi connectivity index (χ1n) is 9.39. The van der Waals surface area contributed by atoms with E-state index in [4.69, 9.17) is 0 Å². The molecular formula is C19H21N5O3S2. The molecule has 152 valence electrons. The Morgan fingerprint density at radius 3 is 2.76 bits per heavy atom. The molecule has 1 aliphatic rings. The summed E-state index contributed by atoms with van der Waals surface area (Å²) in [6.07, 6.45) is 2.40.